The van der Waals surface area contributed by atoms with Crippen LogP contribution in [0.3, 0.4) is 0 Å². The molecule has 0 aromatic heterocycles. The van der Waals surface area contributed by atoms with Crippen LogP contribution in [0.4, 0.5) is 5.69 Å². The normalized spacial score (nSPS) is 18.9. The minimum absolute atomic E-state index is 0.0895. The lowest BCUT2D eigenvalue weighted by Crippen LogP contribution is -2.52. The van der Waals surface area contributed by atoms with Crippen LogP contribution in [0.2, 0.25) is 0 Å². The van der Waals surface area contributed by atoms with Gasteiger partial charge < -0.3 is 9.80 Å². The summed E-state index contributed by atoms with van der Waals surface area (Å²) in [5.74, 6) is 0.0878. The van der Waals surface area contributed by atoms with Gasteiger partial charge in [0.1, 0.15) is 0 Å². The van der Waals surface area contributed by atoms with Gasteiger partial charge in [0, 0.05) is 50.9 Å². The number of hydrogen-bond acceptors (Lipinski definition) is 4. The molecule has 0 bridgehead atoms. The van der Waals surface area contributed by atoms with E-state index in [9.17, 15) is 13.2 Å². The fourth-order valence-electron chi connectivity index (χ4n) is 4.55. The predicted octanol–water partition coefficient (Wildman–Crippen LogP) is 3.05. The molecule has 0 radical (unpaired) electrons. The number of sulfonamides is 1. The van der Waals surface area contributed by atoms with E-state index in [1.807, 2.05) is 49.1 Å². The van der Waals surface area contributed by atoms with Crippen molar-refractivity contribution in [3.63, 3.8) is 0 Å². The molecule has 0 aliphatic carbocycles. The Morgan fingerprint density at radius 2 is 1.52 bits per heavy atom. The first kappa shape index (κ1) is 21.8. The fourth-order valence-corrected chi connectivity index (χ4v) is 6.33. The Balaban J connectivity index is 1.34. The summed E-state index contributed by atoms with van der Waals surface area (Å²) in [6, 6.07) is 15.8. The first-order valence-electron chi connectivity index (χ1n) is 11.0. The number of nitrogens with zero attached hydrogens (tertiary/aromatic N) is 3. The molecule has 2 aromatic carbocycles. The van der Waals surface area contributed by atoms with E-state index in [4.69, 9.17) is 0 Å². The smallest absolute Gasteiger partial charge is 0.243 e. The lowest BCUT2D eigenvalue weighted by molar-refractivity contribution is -0.137. The zero-order valence-corrected chi connectivity index (χ0v) is 19.1. The van der Waals surface area contributed by atoms with Gasteiger partial charge in [0.05, 0.1) is 4.90 Å². The second-order valence-electron chi connectivity index (χ2n) is 8.60. The predicted molar refractivity (Wildman–Crippen MR) is 123 cm³/mol. The van der Waals surface area contributed by atoms with Crippen LogP contribution in [0.15, 0.2) is 53.4 Å². The summed E-state index contributed by atoms with van der Waals surface area (Å²) in [5.41, 5.74) is 2.89. The highest BCUT2D eigenvalue weighted by atomic mass is 32.2. The first-order valence-corrected chi connectivity index (χ1v) is 12.5. The van der Waals surface area contributed by atoms with E-state index < -0.39 is 10.0 Å². The number of benzene rings is 2. The molecular weight excluding hydrogens is 410 g/mol. The second-order valence-corrected chi connectivity index (χ2v) is 10.5. The molecule has 7 heteroatoms. The molecule has 166 valence electrons. The van der Waals surface area contributed by atoms with Crippen LogP contribution in [0.25, 0.3) is 0 Å². The minimum Gasteiger partial charge on any atom is -0.368 e. The van der Waals surface area contributed by atoms with E-state index in [-0.39, 0.29) is 11.8 Å². The van der Waals surface area contributed by atoms with Gasteiger partial charge in [-0.1, -0.05) is 30.3 Å². The van der Waals surface area contributed by atoms with Crippen LogP contribution >= 0.6 is 0 Å². The largest absolute Gasteiger partial charge is 0.368 e. The quantitative estimate of drug-likeness (QED) is 0.732. The molecule has 0 N–H and O–H groups in total. The van der Waals surface area contributed by atoms with E-state index in [1.165, 1.54) is 5.69 Å². The fraction of sp³-hybridized carbons (Fsp3) is 0.458. The van der Waals surface area contributed by atoms with Crippen LogP contribution in [0.1, 0.15) is 24.0 Å². The zero-order valence-electron chi connectivity index (χ0n) is 18.3. The third kappa shape index (κ3) is 4.62. The van der Waals surface area contributed by atoms with Gasteiger partial charge >= 0.3 is 0 Å². The molecule has 0 atom stereocenters. The molecule has 6 nitrogen and oxygen atoms in total. The number of carbonyl (C=O) groups excluding carboxylic acids is 1. The minimum atomic E-state index is -3.53. The summed E-state index contributed by atoms with van der Waals surface area (Å²) in [5, 5.41) is 0. The molecule has 2 saturated heterocycles. The van der Waals surface area contributed by atoms with Crippen molar-refractivity contribution in [2.45, 2.75) is 31.6 Å². The molecule has 0 saturated carbocycles. The maximum absolute atomic E-state index is 13.1. The third-order valence-corrected chi connectivity index (χ3v) is 8.52. The standard InChI is InChI=1S/C24H31N3O3S/c1-19-8-9-20(2)23(18-19)31(29,30)27-12-10-21(11-13-27)24(28)26-16-14-25(15-17-26)22-6-4-3-5-7-22/h3-9,18,21H,10-17H2,1-2H3. The molecule has 2 heterocycles. The second kappa shape index (κ2) is 9.01. The lowest BCUT2D eigenvalue weighted by atomic mass is 9.96. The number of para-hydroxylation sites is 1. The van der Waals surface area contributed by atoms with E-state index in [0.29, 0.717) is 43.9 Å². The van der Waals surface area contributed by atoms with Crippen molar-refractivity contribution >= 4 is 21.6 Å². The molecule has 2 aromatic rings. The summed E-state index contributed by atoms with van der Waals surface area (Å²) in [6.45, 7) is 7.62. The number of carbonyl (C=O) groups is 1. The Bertz CT molecular complexity index is 1020. The molecule has 0 unspecified atom stereocenters. The molecule has 2 aliphatic rings. The Hall–Kier alpha value is -2.38. The molecule has 2 fully saturated rings. The summed E-state index contributed by atoms with van der Waals surface area (Å²) in [7, 11) is -3.53. The summed E-state index contributed by atoms with van der Waals surface area (Å²) in [6.07, 6.45) is 1.17. The van der Waals surface area contributed by atoms with Gasteiger partial charge in [-0.05, 0) is 56.0 Å². The van der Waals surface area contributed by atoms with Gasteiger partial charge in [0.2, 0.25) is 15.9 Å². The van der Waals surface area contributed by atoms with Crippen LogP contribution in [0, 0.1) is 19.8 Å². The van der Waals surface area contributed by atoms with Gasteiger partial charge in [-0.15, -0.1) is 0 Å². The highest BCUT2D eigenvalue weighted by Gasteiger charge is 2.35. The Morgan fingerprint density at radius 3 is 2.16 bits per heavy atom. The molecule has 1 amide bonds. The average molecular weight is 442 g/mol. The van der Waals surface area contributed by atoms with Crippen molar-refractivity contribution < 1.29 is 13.2 Å². The number of rotatable bonds is 4. The molecule has 31 heavy (non-hydrogen) atoms. The zero-order chi connectivity index (χ0) is 22.0. The number of piperidine rings is 1. The van der Waals surface area contributed by atoms with Crippen molar-refractivity contribution in [3.8, 4) is 0 Å². The van der Waals surface area contributed by atoms with Gasteiger partial charge in [-0.3, -0.25) is 4.79 Å². The molecule has 4 rings (SSSR count). The number of anilines is 1. The van der Waals surface area contributed by atoms with Gasteiger partial charge in [-0.2, -0.15) is 4.31 Å². The van der Waals surface area contributed by atoms with Gasteiger partial charge in [0.15, 0.2) is 0 Å². The third-order valence-electron chi connectivity index (χ3n) is 6.48. The van der Waals surface area contributed by atoms with E-state index in [0.717, 1.165) is 24.2 Å². The average Bonchev–Trinajstić information content (AvgIpc) is 2.81. The maximum Gasteiger partial charge on any atom is 0.243 e. The molecule has 2 aliphatic heterocycles. The summed E-state index contributed by atoms with van der Waals surface area (Å²) >= 11 is 0. The monoisotopic (exact) mass is 441 g/mol. The van der Waals surface area contributed by atoms with Crippen LogP contribution in [-0.2, 0) is 14.8 Å². The number of amides is 1. The van der Waals surface area contributed by atoms with Crippen LogP contribution in [0.5, 0.6) is 0 Å². The number of hydrogen-bond donors (Lipinski definition) is 0. The maximum atomic E-state index is 13.1. The number of aryl methyl sites for hydroxylation is 2. The first-order chi connectivity index (χ1) is 14.9. The lowest BCUT2D eigenvalue weighted by Gasteiger charge is -2.39. The molecular formula is C24H31N3O3S. The Labute approximate surface area is 185 Å². The van der Waals surface area contributed by atoms with E-state index in [1.54, 1.807) is 10.4 Å². The van der Waals surface area contributed by atoms with E-state index >= 15 is 0 Å². The van der Waals surface area contributed by atoms with Crippen molar-refractivity contribution in [3.05, 3.63) is 59.7 Å². The highest BCUT2D eigenvalue weighted by molar-refractivity contribution is 7.89. The molecule has 0 spiro atoms. The van der Waals surface area contributed by atoms with Crippen molar-refractivity contribution in [2.24, 2.45) is 5.92 Å². The number of piperazine rings is 1. The summed E-state index contributed by atoms with van der Waals surface area (Å²) in [4.78, 5) is 17.7. The SMILES string of the molecule is Cc1ccc(C)c(S(=O)(=O)N2CCC(C(=O)N3CCN(c4ccccc4)CC3)CC2)c1. The summed E-state index contributed by atoms with van der Waals surface area (Å²) < 4.78 is 27.8. The van der Waals surface area contributed by atoms with Gasteiger partial charge in [0.25, 0.3) is 0 Å². The van der Waals surface area contributed by atoms with Gasteiger partial charge in [-0.25, -0.2) is 8.42 Å². The Morgan fingerprint density at radius 1 is 0.871 bits per heavy atom. The van der Waals surface area contributed by atoms with Crippen LogP contribution < -0.4 is 4.90 Å². The van der Waals surface area contributed by atoms with Crippen molar-refractivity contribution in [2.75, 3.05) is 44.2 Å². The van der Waals surface area contributed by atoms with Crippen molar-refractivity contribution in [1.29, 1.82) is 0 Å². The van der Waals surface area contributed by atoms with Crippen molar-refractivity contribution in [1.82, 2.24) is 9.21 Å². The topological polar surface area (TPSA) is 60.9 Å². The van der Waals surface area contributed by atoms with Crippen LogP contribution in [-0.4, -0.2) is 62.8 Å². The highest BCUT2D eigenvalue weighted by Crippen LogP contribution is 2.28. The Kier molecular flexibility index (Phi) is 6.34. The van der Waals surface area contributed by atoms with E-state index in [2.05, 4.69) is 17.0 Å².